The number of amides is 2. The van der Waals surface area contributed by atoms with Gasteiger partial charge in [0.25, 0.3) is 5.91 Å². The van der Waals surface area contributed by atoms with Crippen LogP contribution in [0.1, 0.15) is 42.1 Å². The predicted molar refractivity (Wildman–Crippen MR) is 97.6 cm³/mol. The van der Waals surface area contributed by atoms with E-state index in [2.05, 4.69) is 0 Å². The minimum atomic E-state index is -1.12. The number of aliphatic hydroxyl groups is 2. The molecule has 2 heterocycles. The summed E-state index contributed by atoms with van der Waals surface area (Å²) in [6.45, 7) is 5.37. The van der Waals surface area contributed by atoms with E-state index in [1.165, 1.54) is 0 Å². The highest BCUT2D eigenvalue weighted by molar-refractivity contribution is 5.94. The van der Waals surface area contributed by atoms with Gasteiger partial charge in [-0.1, -0.05) is 17.7 Å². The molecular weight excluding hydrogens is 332 g/mol. The Kier molecular flexibility index (Phi) is 5.34. The van der Waals surface area contributed by atoms with Gasteiger partial charge < -0.3 is 20.0 Å². The number of hydrogen-bond donors (Lipinski definition) is 2. The van der Waals surface area contributed by atoms with Gasteiger partial charge in [-0.3, -0.25) is 9.59 Å². The summed E-state index contributed by atoms with van der Waals surface area (Å²) < 4.78 is 0. The molecule has 0 spiro atoms. The Morgan fingerprint density at radius 1 is 1.08 bits per heavy atom. The Morgan fingerprint density at radius 2 is 1.69 bits per heavy atom. The number of aryl methyl sites for hydroxylation is 1. The van der Waals surface area contributed by atoms with Crippen molar-refractivity contribution in [2.24, 2.45) is 5.92 Å². The average Bonchev–Trinajstić information content (AvgIpc) is 2.63. The Bertz CT molecular complexity index is 663. The molecule has 6 nitrogen and oxygen atoms in total. The first-order chi connectivity index (χ1) is 12.3. The van der Waals surface area contributed by atoms with Crippen molar-refractivity contribution in [1.82, 2.24) is 9.80 Å². The maximum absolute atomic E-state index is 12.7. The monoisotopic (exact) mass is 360 g/mol. The van der Waals surface area contributed by atoms with Crippen LogP contribution < -0.4 is 0 Å². The first-order valence-electron chi connectivity index (χ1n) is 9.33. The fraction of sp³-hybridized carbons (Fsp3) is 0.600. The molecule has 2 atom stereocenters. The summed E-state index contributed by atoms with van der Waals surface area (Å²) in [5, 5.41) is 20.1. The molecule has 1 aromatic rings. The van der Waals surface area contributed by atoms with Crippen LogP contribution in [0.4, 0.5) is 0 Å². The molecule has 2 aliphatic heterocycles. The topological polar surface area (TPSA) is 81.1 Å². The number of carbonyl (C=O) groups excluding carboxylic acids is 2. The minimum absolute atomic E-state index is 0.0142. The van der Waals surface area contributed by atoms with Crippen LogP contribution in [-0.4, -0.2) is 69.7 Å². The number of aliphatic hydroxyl groups excluding tert-OH is 1. The van der Waals surface area contributed by atoms with E-state index in [1.54, 1.807) is 11.8 Å². The SMILES string of the molecule is Cc1ccc(C(=O)N2CCC(C(=O)N3CC[C@](C)(O)[C@H](O)C3)CC2)cc1. The van der Waals surface area contributed by atoms with Gasteiger partial charge in [-0.25, -0.2) is 0 Å². The van der Waals surface area contributed by atoms with Crippen molar-refractivity contribution in [3.8, 4) is 0 Å². The lowest BCUT2D eigenvalue weighted by atomic mass is 9.88. The number of β-amino-alcohol motifs (C(OH)–C–C–N with tert-alkyl or cyclic N) is 1. The van der Waals surface area contributed by atoms with Gasteiger partial charge >= 0.3 is 0 Å². The van der Waals surface area contributed by atoms with Crippen molar-refractivity contribution in [3.63, 3.8) is 0 Å². The van der Waals surface area contributed by atoms with Crippen LogP contribution in [-0.2, 0) is 4.79 Å². The molecule has 0 bridgehead atoms. The molecule has 2 fully saturated rings. The molecule has 2 aliphatic rings. The van der Waals surface area contributed by atoms with Crippen molar-refractivity contribution < 1.29 is 19.8 Å². The minimum Gasteiger partial charge on any atom is -0.388 e. The highest BCUT2D eigenvalue weighted by atomic mass is 16.3. The highest BCUT2D eigenvalue weighted by Gasteiger charge is 2.40. The standard InChI is InChI=1S/C20H28N2O4/c1-14-3-5-15(6-4-14)18(24)21-10-7-16(8-11-21)19(25)22-12-9-20(2,26)17(23)13-22/h3-6,16-17,23,26H,7-13H2,1-2H3/t17-,20+/m1/s1. The first kappa shape index (κ1) is 18.9. The summed E-state index contributed by atoms with van der Waals surface area (Å²) in [6, 6.07) is 7.55. The molecule has 1 aromatic carbocycles. The van der Waals surface area contributed by atoms with E-state index in [9.17, 15) is 19.8 Å². The molecule has 2 saturated heterocycles. The maximum Gasteiger partial charge on any atom is 0.253 e. The number of carbonyl (C=O) groups is 2. The fourth-order valence-electron chi connectivity index (χ4n) is 3.69. The Labute approximate surface area is 154 Å². The van der Waals surface area contributed by atoms with Gasteiger partial charge in [0.15, 0.2) is 0 Å². The van der Waals surface area contributed by atoms with E-state index in [4.69, 9.17) is 0 Å². The molecule has 0 radical (unpaired) electrons. The quantitative estimate of drug-likeness (QED) is 0.830. The van der Waals surface area contributed by atoms with Crippen molar-refractivity contribution in [2.45, 2.75) is 44.8 Å². The van der Waals surface area contributed by atoms with Gasteiger partial charge in [-0.05, 0) is 45.2 Å². The van der Waals surface area contributed by atoms with E-state index in [-0.39, 0.29) is 24.3 Å². The summed E-state index contributed by atoms with van der Waals surface area (Å²) >= 11 is 0. The van der Waals surface area contributed by atoms with Gasteiger partial charge in [-0.15, -0.1) is 0 Å². The molecule has 6 heteroatoms. The highest BCUT2D eigenvalue weighted by Crippen LogP contribution is 2.26. The van der Waals surface area contributed by atoms with Crippen LogP contribution in [0.2, 0.25) is 0 Å². The maximum atomic E-state index is 12.7. The number of rotatable bonds is 2. The summed E-state index contributed by atoms with van der Waals surface area (Å²) in [4.78, 5) is 28.8. The third-order valence-electron chi connectivity index (χ3n) is 5.74. The Hall–Kier alpha value is -1.92. The largest absolute Gasteiger partial charge is 0.388 e. The molecule has 0 saturated carbocycles. The zero-order chi connectivity index (χ0) is 18.9. The number of likely N-dealkylation sites (tertiary alicyclic amines) is 2. The molecule has 26 heavy (non-hydrogen) atoms. The normalized spacial score (nSPS) is 27.5. The van der Waals surface area contributed by atoms with Gasteiger partial charge in [0.2, 0.25) is 5.91 Å². The third kappa shape index (κ3) is 3.91. The molecule has 142 valence electrons. The number of nitrogens with zero attached hydrogens (tertiary/aromatic N) is 2. The molecule has 0 aromatic heterocycles. The summed E-state index contributed by atoms with van der Waals surface area (Å²) in [6.07, 6.45) is 0.743. The second-order valence-corrected chi connectivity index (χ2v) is 7.84. The fourth-order valence-corrected chi connectivity index (χ4v) is 3.69. The third-order valence-corrected chi connectivity index (χ3v) is 5.74. The molecule has 3 rings (SSSR count). The molecule has 2 amide bonds. The van der Waals surface area contributed by atoms with E-state index in [0.29, 0.717) is 44.5 Å². The van der Waals surface area contributed by atoms with Gasteiger partial charge in [-0.2, -0.15) is 0 Å². The number of benzene rings is 1. The molecule has 2 N–H and O–H groups in total. The van der Waals surface area contributed by atoms with E-state index in [1.807, 2.05) is 36.1 Å². The van der Waals surface area contributed by atoms with Crippen LogP contribution in [0.3, 0.4) is 0 Å². The second-order valence-electron chi connectivity index (χ2n) is 7.84. The predicted octanol–water partition coefficient (Wildman–Crippen LogP) is 1.19. The van der Waals surface area contributed by atoms with E-state index in [0.717, 1.165) is 5.56 Å². The van der Waals surface area contributed by atoms with Gasteiger partial charge in [0, 0.05) is 37.7 Å². The lowest BCUT2D eigenvalue weighted by Gasteiger charge is -2.42. The zero-order valence-electron chi connectivity index (χ0n) is 15.5. The van der Waals surface area contributed by atoms with E-state index < -0.39 is 11.7 Å². The molecular formula is C20H28N2O4. The van der Waals surface area contributed by atoms with Crippen molar-refractivity contribution in [2.75, 3.05) is 26.2 Å². The van der Waals surface area contributed by atoms with Crippen LogP contribution >= 0.6 is 0 Å². The van der Waals surface area contributed by atoms with Crippen molar-refractivity contribution in [3.05, 3.63) is 35.4 Å². The summed E-state index contributed by atoms with van der Waals surface area (Å²) in [5.74, 6) is -0.0744. The molecule has 0 aliphatic carbocycles. The zero-order valence-corrected chi connectivity index (χ0v) is 15.5. The summed E-state index contributed by atoms with van der Waals surface area (Å²) in [7, 11) is 0. The first-order valence-corrected chi connectivity index (χ1v) is 9.33. The van der Waals surface area contributed by atoms with Gasteiger partial charge in [0.1, 0.15) is 0 Å². The smallest absolute Gasteiger partial charge is 0.253 e. The number of piperidine rings is 2. The Balaban J connectivity index is 1.54. The Morgan fingerprint density at radius 3 is 2.27 bits per heavy atom. The molecule has 0 unspecified atom stereocenters. The second kappa shape index (κ2) is 7.37. The van der Waals surface area contributed by atoms with Crippen molar-refractivity contribution in [1.29, 1.82) is 0 Å². The lowest BCUT2D eigenvalue weighted by Crippen LogP contribution is -2.56. The average molecular weight is 360 g/mol. The number of hydrogen-bond acceptors (Lipinski definition) is 4. The van der Waals surface area contributed by atoms with Gasteiger partial charge in [0.05, 0.1) is 11.7 Å². The van der Waals surface area contributed by atoms with Crippen LogP contribution in [0.5, 0.6) is 0 Å². The van der Waals surface area contributed by atoms with Crippen molar-refractivity contribution >= 4 is 11.8 Å². The van der Waals surface area contributed by atoms with Crippen LogP contribution in [0.25, 0.3) is 0 Å². The van der Waals surface area contributed by atoms with Crippen LogP contribution in [0, 0.1) is 12.8 Å². The summed E-state index contributed by atoms with van der Waals surface area (Å²) in [5.41, 5.74) is 0.677. The lowest BCUT2D eigenvalue weighted by molar-refractivity contribution is -0.151. The van der Waals surface area contributed by atoms with E-state index >= 15 is 0 Å². The van der Waals surface area contributed by atoms with Crippen LogP contribution in [0.15, 0.2) is 24.3 Å².